The van der Waals surface area contributed by atoms with Gasteiger partial charge >= 0.3 is 12.6 Å². The summed E-state index contributed by atoms with van der Waals surface area (Å²) in [6, 6.07) is 6.94. The van der Waals surface area contributed by atoms with Gasteiger partial charge in [0.2, 0.25) is 0 Å². The predicted molar refractivity (Wildman–Crippen MR) is 94.0 cm³/mol. The number of carbonyl (C=O) groups is 1. The first kappa shape index (κ1) is 20.9. The Balaban J connectivity index is 2.26. The van der Waals surface area contributed by atoms with Crippen LogP contribution >= 0.6 is 0 Å². The predicted octanol–water partition coefficient (Wildman–Crippen LogP) is 3.26. The normalized spacial score (nSPS) is 16.9. The minimum atomic E-state index is -2.97. The molecule has 0 aromatic heterocycles. The van der Waals surface area contributed by atoms with Crippen molar-refractivity contribution in [2.45, 2.75) is 38.7 Å². The summed E-state index contributed by atoms with van der Waals surface area (Å²) in [4.78, 5) is 12.6. The molecule has 1 N–H and O–H groups in total. The van der Waals surface area contributed by atoms with Crippen LogP contribution in [0.25, 0.3) is 0 Å². The van der Waals surface area contributed by atoms with Crippen LogP contribution in [0.1, 0.15) is 32.3 Å². The number of hydrogen-bond acceptors (Lipinski definition) is 5. The van der Waals surface area contributed by atoms with E-state index in [-0.39, 0.29) is 24.0 Å². The first-order chi connectivity index (χ1) is 12.8. The standard InChI is InChI=1S/C19H24F2N2O4/c1-13(2)11-26-16-9-14(3-4-15(16)27-18(20)21)19(12-22)5-7-23(8-6-19)10-17(24)25/h3-4,9,13,18H,5-8,10-11H2,1-2H3,(H,24,25). The largest absolute Gasteiger partial charge is 0.489 e. The van der Waals surface area contributed by atoms with E-state index in [0.717, 1.165) is 0 Å². The van der Waals surface area contributed by atoms with Gasteiger partial charge in [0.25, 0.3) is 0 Å². The summed E-state index contributed by atoms with van der Waals surface area (Å²) in [6.07, 6.45) is 0.908. The summed E-state index contributed by atoms with van der Waals surface area (Å²) in [7, 11) is 0. The van der Waals surface area contributed by atoms with Gasteiger partial charge in [0.15, 0.2) is 11.5 Å². The van der Waals surface area contributed by atoms with Crippen LogP contribution in [-0.4, -0.2) is 48.8 Å². The van der Waals surface area contributed by atoms with Gasteiger partial charge in [0, 0.05) is 13.1 Å². The van der Waals surface area contributed by atoms with E-state index in [4.69, 9.17) is 9.84 Å². The van der Waals surface area contributed by atoms with Crippen molar-refractivity contribution in [3.05, 3.63) is 23.8 Å². The van der Waals surface area contributed by atoms with Gasteiger partial charge in [-0.05, 0) is 36.5 Å². The zero-order valence-corrected chi connectivity index (χ0v) is 15.5. The van der Waals surface area contributed by atoms with Crippen molar-refractivity contribution in [3.63, 3.8) is 0 Å². The highest BCUT2D eigenvalue weighted by Crippen LogP contribution is 2.39. The average Bonchev–Trinajstić information content (AvgIpc) is 2.61. The molecule has 27 heavy (non-hydrogen) atoms. The monoisotopic (exact) mass is 382 g/mol. The van der Waals surface area contributed by atoms with Crippen molar-refractivity contribution < 1.29 is 28.2 Å². The molecular formula is C19H24F2N2O4. The zero-order valence-electron chi connectivity index (χ0n) is 15.5. The molecule has 0 radical (unpaired) electrons. The Morgan fingerprint density at radius 1 is 1.33 bits per heavy atom. The quantitative estimate of drug-likeness (QED) is 0.743. The van der Waals surface area contributed by atoms with E-state index in [9.17, 15) is 18.8 Å². The number of nitriles is 1. The molecule has 1 aromatic rings. The van der Waals surface area contributed by atoms with Gasteiger partial charge in [0.1, 0.15) is 0 Å². The van der Waals surface area contributed by atoms with Crippen LogP contribution in [0.2, 0.25) is 0 Å². The number of ether oxygens (including phenoxy) is 2. The van der Waals surface area contributed by atoms with Crippen LogP contribution < -0.4 is 9.47 Å². The Hall–Kier alpha value is -2.40. The molecule has 0 amide bonds. The fourth-order valence-corrected chi connectivity index (χ4v) is 3.12. The highest BCUT2D eigenvalue weighted by Gasteiger charge is 2.37. The molecular weight excluding hydrogens is 358 g/mol. The third-order valence-electron chi connectivity index (χ3n) is 4.57. The van der Waals surface area contributed by atoms with Crippen molar-refractivity contribution in [2.75, 3.05) is 26.2 Å². The molecule has 0 aliphatic carbocycles. The van der Waals surface area contributed by atoms with Gasteiger partial charge in [-0.25, -0.2) is 0 Å². The lowest BCUT2D eigenvalue weighted by Gasteiger charge is -2.37. The second-order valence-electron chi connectivity index (χ2n) is 7.11. The molecule has 148 valence electrons. The fraction of sp³-hybridized carbons (Fsp3) is 0.579. The first-order valence-corrected chi connectivity index (χ1v) is 8.83. The summed E-state index contributed by atoms with van der Waals surface area (Å²) in [5.74, 6) is -0.593. The fourth-order valence-electron chi connectivity index (χ4n) is 3.12. The Labute approximate surface area is 157 Å². The van der Waals surface area contributed by atoms with Crippen LogP contribution in [0.4, 0.5) is 8.78 Å². The minimum absolute atomic E-state index is 0.0641. The molecule has 1 aromatic carbocycles. The number of aliphatic carboxylic acids is 1. The van der Waals surface area contributed by atoms with Crippen LogP contribution in [0.3, 0.4) is 0 Å². The Kier molecular flexibility index (Phi) is 6.97. The highest BCUT2D eigenvalue weighted by molar-refractivity contribution is 5.69. The molecule has 1 aliphatic heterocycles. The maximum Gasteiger partial charge on any atom is 0.387 e. The Bertz CT molecular complexity index is 695. The molecule has 8 heteroatoms. The number of piperidine rings is 1. The number of carboxylic acids is 1. The van der Waals surface area contributed by atoms with Gasteiger partial charge in [-0.1, -0.05) is 19.9 Å². The van der Waals surface area contributed by atoms with Gasteiger partial charge in [-0.3, -0.25) is 9.69 Å². The number of rotatable bonds is 8. The number of hydrogen-bond donors (Lipinski definition) is 1. The van der Waals surface area contributed by atoms with Gasteiger partial charge in [-0.2, -0.15) is 14.0 Å². The van der Waals surface area contributed by atoms with Crippen molar-refractivity contribution in [1.82, 2.24) is 4.90 Å². The second-order valence-corrected chi connectivity index (χ2v) is 7.11. The number of halogens is 2. The van der Waals surface area contributed by atoms with Crippen LogP contribution in [0, 0.1) is 17.2 Å². The molecule has 1 saturated heterocycles. The summed E-state index contributed by atoms with van der Waals surface area (Å²) in [6.45, 7) is 2.11. The summed E-state index contributed by atoms with van der Waals surface area (Å²) in [5.41, 5.74) is -0.144. The van der Waals surface area contributed by atoms with Crippen molar-refractivity contribution >= 4 is 5.97 Å². The number of likely N-dealkylation sites (tertiary alicyclic amines) is 1. The lowest BCUT2D eigenvalue weighted by Crippen LogP contribution is -2.43. The lowest BCUT2D eigenvalue weighted by molar-refractivity contribution is -0.138. The van der Waals surface area contributed by atoms with E-state index in [2.05, 4.69) is 10.8 Å². The van der Waals surface area contributed by atoms with Crippen molar-refractivity contribution in [1.29, 1.82) is 5.26 Å². The third-order valence-corrected chi connectivity index (χ3v) is 4.57. The van der Waals surface area contributed by atoms with E-state index >= 15 is 0 Å². The Morgan fingerprint density at radius 3 is 2.52 bits per heavy atom. The molecule has 0 atom stereocenters. The topological polar surface area (TPSA) is 82.8 Å². The third kappa shape index (κ3) is 5.54. The summed E-state index contributed by atoms with van der Waals surface area (Å²) in [5, 5.41) is 18.7. The number of benzene rings is 1. The van der Waals surface area contributed by atoms with Crippen molar-refractivity contribution in [2.24, 2.45) is 5.92 Å². The van der Waals surface area contributed by atoms with E-state index < -0.39 is 18.0 Å². The van der Waals surface area contributed by atoms with E-state index in [1.54, 1.807) is 17.0 Å². The van der Waals surface area contributed by atoms with Crippen LogP contribution in [-0.2, 0) is 10.2 Å². The average molecular weight is 382 g/mol. The van der Waals surface area contributed by atoms with E-state index in [1.807, 2.05) is 13.8 Å². The number of nitrogens with zero attached hydrogens (tertiary/aromatic N) is 2. The molecule has 1 heterocycles. The summed E-state index contributed by atoms with van der Waals surface area (Å²) >= 11 is 0. The molecule has 0 saturated carbocycles. The second kappa shape index (κ2) is 9.00. The molecule has 0 bridgehead atoms. The lowest BCUT2D eigenvalue weighted by atomic mass is 9.74. The van der Waals surface area contributed by atoms with Gasteiger partial charge in [-0.15, -0.1) is 0 Å². The molecule has 0 unspecified atom stereocenters. The SMILES string of the molecule is CC(C)COc1cc(C2(C#N)CCN(CC(=O)O)CC2)ccc1OC(F)F. The summed E-state index contributed by atoms with van der Waals surface area (Å²) < 4.78 is 35.5. The maximum absolute atomic E-state index is 12.7. The van der Waals surface area contributed by atoms with Gasteiger partial charge < -0.3 is 14.6 Å². The minimum Gasteiger partial charge on any atom is -0.489 e. The highest BCUT2D eigenvalue weighted by atomic mass is 19.3. The number of carboxylic acid groups (broad SMARTS) is 1. The molecule has 2 rings (SSSR count). The molecule has 1 fully saturated rings. The van der Waals surface area contributed by atoms with Crippen LogP contribution in [0.15, 0.2) is 18.2 Å². The molecule has 6 nitrogen and oxygen atoms in total. The molecule has 0 spiro atoms. The van der Waals surface area contributed by atoms with Crippen LogP contribution in [0.5, 0.6) is 11.5 Å². The van der Waals surface area contributed by atoms with Crippen molar-refractivity contribution in [3.8, 4) is 17.6 Å². The van der Waals surface area contributed by atoms with E-state index in [0.29, 0.717) is 38.1 Å². The number of alkyl halides is 2. The van der Waals surface area contributed by atoms with E-state index in [1.165, 1.54) is 6.07 Å². The zero-order chi connectivity index (χ0) is 20.0. The maximum atomic E-state index is 12.7. The smallest absolute Gasteiger partial charge is 0.387 e. The Morgan fingerprint density at radius 2 is 2.00 bits per heavy atom. The van der Waals surface area contributed by atoms with Gasteiger partial charge in [0.05, 0.1) is 24.6 Å². The first-order valence-electron chi connectivity index (χ1n) is 8.83. The molecule has 1 aliphatic rings.